The molecule has 19 heavy (non-hydrogen) atoms. The van der Waals surface area contributed by atoms with Crippen molar-refractivity contribution in [3.8, 4) is 0 Å². The first kappa shape index (κ1) is 12.2. The fourth-order valence-electron chi connectivity index (χ4n) is 2.49. The molecule has 2 heterocycles. The zero-order valence-corrected chi connectivity index (χ0v) is 10.6. The molecule has 100 valence electrons. The van der Waals surface area contributed by atoms with Crippen LogP contribution in [0.5, 0.6) is 0 Å². The van der Waals surface area contributed by atoms with Crippen LogP contribution in [0.2, 0.25) is 0 Å². The number of nitrogens with one attached hydrogen (secondary N) is 1. The largest absolute Gasteiger partial charge is 0.378 e. The number of rotatable bonds is 1. The van der Waals surface area contributed by atoms with Gasteiger partial charge < -0.3 is 15.3 Å². The molecule has 0 saturated heterocycles. The summed E-state index contributed by atoms with van der Waals surface area (Å²) < 4.78 is 14.1. The number of halogens is 1. The van der Waals surface area contributed by atoms with E-state index in [-0.39, 0.29) is 0 Å². The summed E-state index contributed by atoms with van der Waals surface area (Å²) in [7, 11) is 0. The highest BCUT2D eigenvalue weighted by molar-refractivity contribution is 6.02. The standard InChI is InChI=1S/C14H15FN2O2/c1-8-2-4-17(5-3-8)12-7-11-9(6-10(12)15)13(18)14(19)16-11/h2,6-7,13,18H,3-5H2,1H3,(H,16,19). The fourth-order valence-corrected chi connectivity index (χ4v) is 2.49. The summed E-state index contributed by atoms with van der Waals surface area (Å²) in [6.07, 6.45) is 1.72. The molecule has 2 N–H and O–H groups in total. The van der Waals surface area contributed by atoms with Gasteiger partial charge in [-0.3, -0.25) is 4.79 Å². The van der Waals surface area contributed by atoms with Crippen molar-refractivity contribution in [1.29, 1.82) is 0 Å². The van der Waals surface area contributed by atoms with Gasteiger partial charge in [0.25, 0.3) is 5.91 Å². The molecule has 5 heteroatoms. The molecule has 1 aromatic carbocycles. The third-order valence-electron chi connectivity index (χ3n) is 3.70. The van der Waals surface area contributed by atoms with Crippen molar-refractivity contribution in [2.45, 2.75) is 19.4 Å². The summed E-state index contributed by atoms with van der Waals surface area (Å²) in [5.41, 5.74) is 2.59. The number of carbonyl (C=O) groups excluding carboxylic acids is 1. The SMILES string of the molecule is CC1=CCN(c2cc3c(cc2F)C(O)C(=O)N3)CC1. The van der Waals surface area contributed by atoms with Gasteiger partial charge in [0, 0.05) is 24.3 Å². The first-order valence-corrected chi connectivity index (χ1v) is 6.29. The topological polar surface area (TPSA) is 52.6 Å². The second-order valence-corrected chi connectivity index (χ2v) is 5.03. The van der Waals surface area contributed by atoms with Crippen molar-refractivity contribution >= 4 is 17.3 Å². The number of amides is 1. The lowest BCUT2D eigenvalue weighted by Gasteiger charge is -2.28. The molecular weight excluding hydrogens is 247 g/mol. The molecule has 1 atom stereocenters. The summed E-state index contributed by atoms with van der Waals surface area (Å²) in [6.45, 7) is 3.49. The Morgan fingerprint density at radius 3 is 2.95 bits per heavy atom. The van der Waals surface area contributed by atoms with Crippen molar-refractivity contribution in [3.05, 3.63) is 35.2 Å². The van der Waals surface area contributed by atoms with Crippen LogP contribution in [0.4, 0.5) is 15.8 Å². The Hall–Kier alpha value is -1.88. The first-order valence-electron chi connectivity index (χ1n) is 6.29. The van der Waals surface area contributed by atoms with E-state index in [0.29, 0.717) is 23.5 Å². The number of carbonyl (C=O) groups is 1. The second-order valence-electron chi connectivity index (χ2n) is 5.03. The molecule has 3 rings (SSSR count). The minimum atomic E-state index is -1.26. The van der Waals surface area contributed by atoms with E-state index < -0.39 is 17.8 Å². The highest BCUT2D eigenvalue weighted by Crippen LogP contribution is 2.36. The van der Waals surface area contributed by atoms with E-state index in [2.05, 4.69) is 18.3 Å². The van der Waals surface area contributed by atoms with Crippen molar-refractivity contribution in [2.24, 2.45) is 0 Å². The van der Waals surface area contributed by atoms with Crippen LogP contribution in [0.15, 0.2) is 23.8 Å². The third-order valence-corrected chi connectivity index (χ3v) is 3.70. The highest BCUT2D eigenvalue weighted by Gasteiger charge is 2.30. The Bertz CT molecular complexity index is 583. The van der Waals surface area contributed by atoms with Gasteiger partial charge in [0.1, 0.15) is 5.82 Å². The lowest BCUT2D eigenvalue weighted by molar-refractivity contribution is -0.123. The summed E-state index contributed by atoms with van der Waals surface area (Å²) in [6, 6.07) is 2.85. The maximum atomic E-state index is 14.1. The predicted molar refractivity (Wildman–Crippen MR) is 70.6 cm³/mol. The van der Waals surface area contributed by atoms with Crippen LogP contribution >= 0.6 is 0 Å². The third kappa shape index (κ3) is 2.00. The molecular formula is C14H15FN2O2. The predicted octanol–water partition coefficient (Wildman–Crippen LogP) is 1.97. The molecule has 0 radical (unpaired) electrons. The molecule has 2 aliphatic heterocycles. The van der Waals surface area contributed by atoms with Crippen molar-refractivity contribution < 1.29 is 14.3 Å². The van der Waals surface area contributed by atoms with E-state index in [9.17, 15) is 14.3 Å². The minimum absolute atomic E-state index is 0.315. The van der Waals surface area contributed by atoms with E-state index in [4.69, 9.17) is 0 Å². The quantitative estimate of drug-likeness (QED) is 0.761. The maximum absolute atomic E-state index is 14.1. The van der Waals surface area contributed by atoms with Gasteiger partial charge in [-0.2, -0.15) is 0 Å². The number of aliphatic hydroxyl groups excluding tert-OH is 1. The molecule has 0 fully saturated rings. The van der Waals surface area contributed by atoms with Crippen molar-refractivity contribution in [1.82, 2.24) is 0 Å². The number of nitrogens with zero attached hydrogens (tertiary/aromatic N) is 1. The second kappa shape index (κ2) is 4.35. The number of hydrogen-bond donors (Lipinski definition) is 2. The Kier molecular flexibility index (Phi) is 2.78. The first-order chi connectivity index (χ1) is 9.06. The van der Waals surface area contributed by atoms with Crippen LogP contribution in [0.25, 0.3) is 0 Å². The molecule has 2 aliphatic rings. The van der Waals surface area contributed by atoms with Crippen LogP contribution in [-0.2, 0) is 4.79 Å². The molecule has 0 spiro atoms. The Morgan fingerprint density at radius 2 is 2.26 bits per heavy atom. The van der Waals surface area contributed by atoms with Crippen LogP contribution in [0, 0.1) is 5.82 Å². The number of fused-ring (bicyclic) bond motifs is 1. The summed E-state index contributed by atoms with van der Waals surface area (Å²) >= 11 is 0. The van der Waals surface area contributed by atoms with Gasteiger partial charge in [-0.05, 0) is 25.5 Å². The van der Waals surface area contributed by atoms with Crippen molar-refractivity contribution in [2.75, 3.05) is 23.3 Å². The average molecular weight is 262 g/mol. The van der Waals surface area contributed by atoms with Crippen LogP contribution in [-0.4, -0.2) is 24.1 Å². The lowest BCUT2D eigenvalue weighted by atomic mass is 10.1. The molecule has 1 unspecified atom stereocenters. The van der Waals surface area contributed by atoms with E-state index in [1.54, 1.807) is 6.07 Å². The fraction of sp³-hybridized carbons (Fsp3) is 0.357. The Balaban J connectivity index is 1.97. The van der Waals surface area contributed by atoms with E-state index >= 15 is 0 Å². The number of anilines is 2. The molecule has 0 saturated carbocycles. The van der Waals surface area contributed by atoms with Crippen LogP contribution in [0.1, 0.15) is 25.0 Å². The van der Waals surface area contributed by atoms with Gasteiger partial charge in [-0.15, -0.1) is 0 Å². The van der Waals surface area contributed by atoms with Gasteiger partial charge in [-0.1, -0.05) is 11.6 Å². The maximum Gasteiger partial charge on any atom is 0.257 e. The summed E-state index contributed by atoms with van der Waals surface area (Å²) in [5.74, 6) is -0.900. The normalized spacial score (nSPS) is 22.1. The van der Waals surface area contributed by atoms with Gasteiger partial charge in [0.15, 0.2) is 6.10 Å². The lowest BCUT2D eigenvalue weighted by Crippen LogP contribution is -2.29. The van der Waals surface area contributed by atoms with Crippen LogP contribution < -0.4 is 10.2 Å². The minimum Gasteiger partial charge on any atom is -0.378 e. The molecule has 0 aromatic heterocycles. The molecule has 1 amide bonds. The summed E-state index contributed by atoms with van der Waals surface area (Å²) in [4.78, 5) is 13.3. The molecule has 0 aliphatic carbocycles. The van der Waals surface area contributed by atoms with E-state index in [1.807, 2.05) is 4.90 Å². The Labute approximate surface area is 110 Å². The van der Waals surface area contributed by atoms with Gasteiger partial charge in [-0.25, -0.2) is 4.39 Å². The summed E-state index contributed by atoms with van der Waals surface area (Å²) in [5, 5.41) is 12.2. The van der Waals surface area contributed by atoms with Crippen LogP contribution in [0.3, 0.4) is 0 Å². The molecule has 4 nitrogen and oxygen atoms in total. The Morgan fingerprint density at radius 1 is 1.47 bits per heavy atom. The van der Waals surface area contributed by atoms with Crippen molar-refractivity contribution in [3.63, 3.8) is 0 Å². The van der Waals surface area contributed by atoms with E-state index in [1.165, 1.54) is 11.6 Å². The smallest absolute Gasteiger partial charge is 0.257 e. The van der Waals surface area contributed by atoms with Gasteiger partial charge in [0.2, 0.25) is 0 Å². The molecule has 1 aromatic rings. The highest BCUT2D eigenvalue weighted by atomic mass is 19.1. The number of benzene rings is 1. The van der Waals surface area contributed by atoms with Gasteiger partial charge >= 0.3 is 0 Å². The number of aliphatic hydroxyl groups is 1. The zero-order chi connectivity index (χ0) is 13.6. The van der Waals surface area contributed by atoms with E-state index in [0.717, 1.165) is 13.0 Å². The zero-order valence-electron chi connectivity index (χ0n) is 10.6. The van der Waals surface area contributed by atoms with Gasteiger partial charge in [0.05, 0.1) is 5.69 Å². The molecule has 0 bridgehead atoms. The average Bonchev–Trinajstić information content (AvgIpc) is 2.66. The monoisotopic (exact) mass is 262 g/mol. The number of hydrogen-bond acceptors (Lipinski definition) is 3.